The molecule has 0 atom stereocenters. The molecule has 2 rings (SSSR count). The third-order valence-corrected chi connectivity index (χ3v) is 3.00. The van der Waals surface area contributed by atoms with Crippen molar-refractivity contribution in [3.05, 3.63) is 58.9 Å². The minimum atomic E-state index is -1.13. The molecule has 0 fully saturated rings. The van der Waals surface area contributed by atoms with E-state index in [0.29, 0.717) is 5.56 Å². The number of carboxylic acid groups (broad SMARTS) is 2. The van der Waals surface area contributed by atoms with E-state index in [9.17, 15) is 19.8 Å². The Kier molecular flexibility index (Phi) is 3.37. The van der Waals surface area contributed by atoms with Gasteiger partial charge in [-0.25, -0.2) is 9.59 Å². The van der Waals surface area contributed by atoms with E-state index in [4.69, 9.17) is 0 Å². The summed E-state index contributed by atoms with van der Waals surface area (Å²) in [5, 5.41) is 21.0. The molecule has 0 aromatic heterocycles. The van der Waals surface area contributed by atoms with Gasteiger partial charge in [-0.05, 0) is 12.5 Å². The van der Waals surface area contributed by atoms with Gasteiger partial charge in [0.15, 0.2) is 0 Å². The maximum atomic E-state index is 11.2. The molecule has 1 aromatic rings. The van der Waals surface area contributed by atoms with Crippen molar-refractivity contribution in [1.82, 2.24) is 5.32 Å². The largest absolute Gasteiger partial charge is 0.478 e. The lowest BCUT2D eigenvalue weighted by Crippen LogP contribution is -2.24. The number of aliphatic carboxylic acids is 2. The number of rotatable bonds is 3. The van der Waals surface area contributed by atoms with Crippen molar-refractivity contribution in [1.29, 1.82) is 0 Å². The zero-order valence-electron chi connectivity index (χ0n) is 10.3. The Morgan fingerprint density at radius 3 is 1.89 bits per heavy atom. The van der Waals surface area contributed by atoms with E-state index >= 15 is 0 Å². The van der Waals surface area contributed by atoms with Crippen molar-refractivity contribution in [2.75, 3.05) is 0 Å². The quantitative estimate of drug-likeness (QED) is 0.767. The first-order chi connectivity index (χ1) is 9.00. The van der Waals surface area contributed by atoms with Crippen LogP contribution in [0.25, 0.3) is 0 Å². The molecule has 3 N–H and O–H groups in total. The van der Waals surface area contributed by atoms with Gasteiger partial charge >= 0.3 is 11.9 Å². The standard InChI is InChI=1S/C14H13NO4/c1-8-2-4-9(5-3-8)12-10(13(16)17)6-15-7-11(12)14(18)19/h2-7,12,15H,1H3,(H,16,17)(H,18,19). The minimum absolute atomic E-state index is 0.0174. The van der Waals surface area contributed by atoms with Gasteiger partial charge in [-0.15, -0.1) is 0 Å². The Labute approximate surface area is 109 Å². The van der Waals surface area contributed by atoms with E-state index in [-0.39, 0.29) is 11.1 Å². The molecular formula is C14H13NO4. The molecule has 0 aliphatic carbocycles. The molecule has 0 amide bonds. The van der Waals surface area contributed by atoms with Crippen molar-refractivity contribution in [2.45, 2.75) is 12.8 Å². The lowest BCUT2D eigenvalue weighted by Gasteiger charge is -2.22. The molecule has 5 heteroatoms. The van der Waals surface area contributed by atoms with Gasteiger partial charge < -0.3 is 15.5 Å². The van der Waals surface area contributed by atoms with Gasteiger partial charge in [0.05, 0.1) is 17.1 Å². The van der Waals surface area contributed by atoms with Gasteiger partial charge in [0, 0.05) is 12.4 Å². The highest BCUT2D eigenvalue weighted by atomic mass is 16.4. The topological polar surface area (TPSA) is 86.6 Å². The number of aryl methyl sites for hydroxylation is 1. The van der Waals surface area contributed by atoms with E-state index in [1.165, 1.54) is 12.4 Å². The molecule has 1 aliphatic rings. The van der Waals surface area contributed by atoms with Crippen molar-refractivity contribution >= 4 is 11.9 Å². The molecule has 0 saturated heterocycles. The zero-order chi connectivity index (χ0) is 14.0. The number of benzene rings is 1. The molecule has 1 aromatic carbocycles. The maximum absolute atomic E-state index is 11.2. The number of hydrogen-bond donors (Lipinski definition) is 3. The van der Waals surface area contributed by atoms with Crippen LogP contribution in [0.3, 0.4) is 0 Å². The highest BCUT2D eigenvalue weighted by molar-refractivity contribution is 5.97. The van der Waals surface area contributed by atoms with Crippen LogP contribution in [-0.4, -0.2) is 22.2 Å². The highest BCUT2D eigenvalue weighted by Crippen LogP contribution is 2.33. The maximum Gasteiger partial charge on any atom is 0.334 e. The van der Waals surface area contributed by atoms with Crippen LogP contribution >= 0.6 is 0 Å². The molecule has 98 valence electrons. The summed E-state index contributed by atoms with van der Waals surface area (Å²) in [5.41, 5.74) is 1.71. The van der Waals surface area contributed by atoms with Gasteiger partial charge in [0.25, 0.3) is 0 Å². The van der Waals surface area contributed by atoms with Crippen LogP contribution < -0.4 is 5.32 Å². The molecule has 5 nitrogen and oxygen atoms in total. The summed E-state index contributed by atoms with van der Waals surface area (Å²) in [5.74, 6) is -3.04. The second-order valence-electron chi connectivity index (χ2n) is 4.32. The first-order valence-corrected chi connectivity index (χ1v) is 5.70. The average molecular weight is 259 g/mol. The van der Waals surface area contributed by atoms with E-state index in [2.05, 4.69) is 5.32 Å². The fourth-order valence-corrected chi connectivity index (χ4v) is 2.04. The second-order valence-corrected chi connectivity index (χ2v) is 4.32. The number of carbonyl (C=O) groups is 2. The van der Waals surface area contributed by atoms with Crippen molar-refractivity contribution in [2.24, 2.45) is 0 Å². The molecule has 0 unspecified atom stereocenters. The van der Waals surface area contributed by atoms with Gasteiger partial charge in [-0.3, -0.25) is 0 Å². The molecule has 19 heavy (non-hydrogen) atoms. The van der Waals surface area contributed by atoms with Gasteiger partial charge in [-0.1, -0.05) is 29.8 Å². The Balaban J connectivity index is 2.50. The zero-order valence-corrected chi connectivity index (χ0v) is 10.3. The Bertz CT molecular complexity index is 554. The van der Waals surface area contributed by atoms with Gasteiger partial charge in [-0.2, -0.15) is 0 Å². The van der Waals surface area contributed by atoms with Crippen LogP contribution in [0.2, 0.25) is 0 Å². The minimum Gasteiger partial charge on any atom is -0.478 e. The monoisotopic (exact) mass is 259 g/mol. The molecule has 1 heterocycles. The first-order valence-electron chi connectivity index (χ1n) is 5.70. The first kappa shape index (κ1) is 12.9. The fourth-order valence-electron chi connectivity index (χ4n) is 2.04. The number of dihydropyridines is 1. The molecule has 0 bridgehead atoms. The van der Waals surface area contributed by atoms with Crippen LogP contribution in [0.15, 0.2) is 47.8 Å². The average Bonchev–Trinajstić information content (AvgIpc) is 2.38. The SMILES string of the molecule is Cc1ccc(C2C(C(=O)O)=CNC=C2C(=O)O)cc1. The van der Waals surface area contributed by atoms with Crippen LogP contribution in [0.4, 0.5) is 0 Å². The predicted molar refractivity (Wildman–Crippen MR) is 68.5 cm³/mol. The number of nitrogens with one attached hydrogen (secondary N) is 1. The third kappa shape index (κ3) is 2.49. The van der Waals surface area contributed by atoms with Crippen molar-refractivity contribution < 1.29 is 19.8 Å². The summed E-state index contributed by atoms with van der Waals surface area (Å²) < 4.78 is 0. The Hall–Kier alpha value is -2.56. The van der Waals surface area contributed by atoms with E-state index in [1.807, 2.05) is 19.1 Å². The second kappa shape index (κ2) is 4.97. The van der Waals surface area contributed by atoms with Gasteiger partial charge in [0.1, 0.15) is 0 Å². The Morgan fingerprint density at radius 1 is 1.00 bits per heavy atom. The van der Waals surface area contributed by atoms with Gasteiger partial charge in [0.2, 0.25) is 0 Å². The van der Waals surface area contributed by atoms with Crippen molar-refractivity contribution in [3.63, 3.8) is 0 Å². The van der Waals surface area contributed by atoms with Crippen LogP contribution in [0.1, 0.15) is 17.0 Å². The molecule has 0 radical (unpaired) electrons. The summed E-state index contributed by atoms with van der Waals surface area (Å²) in [4.78, 5) is 22.5. The molecule has 0 saturated carbocycles. The van der Waals surface area contributed by atoms with Crippen LogP contribution in [0, 0.1) is 6.92 Å². The molecule has 1 aliphatic heterocycles. The summed E-state index contributed by atoms with van der Waals surface area (Å²) in [7, 11) is 0. The lowest BCUT2D eigenvalue weighted by molar-refractivity contribution is -0.133. The summed E-state index contributed by atoms with van der Waals surface area (Å²) >= 11 is 0. The Morgan fingerprint density at radius 2 is 1.47 bits per heavy atom. The predicted octanol–water partition coefficient (Wildman–Crippen LogP) is 1.62. The van der Waals surface area contributed by atoms with E-state index < -0.39 is 17.9 Å². The number of carboxylic acids is 2. The fraction of sp³-hybridized carbons (Fsp3) is 0.143. The lowest BCUT2D eigenvalue weighted by atomic mass is 9.83. The number of hydrogen-bond acceptors (Lipinski definition) is 3. The highest BCUT2D eigenvalue weighted by Gasteiger charge is 2.31. The summed E-state index contributed by atoms with van der Waals surface area (Å²) in [6.45, 7) is 1.91. The summed E-state index contributed by atoms with van der Waals surface area (Å²) in [6, 6.07) is 7.16. The molecular weight excluding hydrogens is 246 g/mol. The van der Waals surface area contributed by atoms with Crippen LogP contribution in [-0.2, 0) is 9.59 Å². The van der Waals surface area contributed by atoms with Crippen LogP contribution in [0.5, 0.6) is 0 Å². The normalized spacial score (nSPS) is 15.2. The smallest absolute Gasteiger partial charge is 0.334 e. The molecule has 0 spiro atoms. The summed E-state index contributed by atoms with van der Waals surface area (Å²) in [6.07, 6.45) is 2.64. The van der Waals surface area contributed by atoms with Crippen molar-refractivity contribution in [3.8, 4) is 0 Å². The van der Waals surface area contributed by atoms with E-state index in [1.54, 1.807) is 12.1 Å². The van der Waals surface area contributed by atoms with E-state index in [0.717, 1.165) is 5.56 Å². The third-order valence-electron chi connectivity index (χ3n) is 3.00.